The fraction of sp³-hybridized carbons (Fsp3) is 0.391. The molecule has 2 aromatic rings. The Balaban J connectivity index is 1.51. The van der Waals surface area contributed by atoms with Gasteiger partial charge in [0.2, 0.25) is 5.91 Å². The van der Waals surface area contributed by atoms with Gasteiger partial charge in [0.1, 0.15) is 0 Å². The van der Waals surface area contributed by atoms with Crippen molar-refractivity contribution in [1.29, 1.82) is 0 Å². The number of hydrogen-bond donors (Lipinski definition) is 1. The largest absolute Gasteiger partial charge is 0.336 e. The van der Waals surface area contributed by atoms with Gasteiger partial charge < -0.3 is 10.2 Å². The number of amides is 2. The molecule has 1 aliphatic rings. The zero-order chi connectivity index (χ0) is 20.1. The Morgan fingerprint density at radius 3 is 2.07 bits per heavy atom. The smallest absolute Gasteiger partial charge is 0.253 e. The summed E-state index contributed by atoms with van der Waals surface area (Å²) in [5.74, 6) is 0.486. The molecular weight excluding hydrogens is 350 g/mol. The molecule has 1 N–H and O–H groups in total. The summed E-state index contributed by atoms with van der Waals surface area (Å²) in [5.41, 5.74) is 4.05. The molecule has 2 amide bonds. The van der Waals surface area contributed by atoms with Crippen LogP contribution in [0.5, 0.6) is 0 Å². The lowest BCUT2D eigenvalue weighted by Gasteiger charge is -2.34. The lowest BCUT2D eigenvalue weighted by atomic mass is 10.0. The van der Waals surface area contributed by atoms with Crippen LogP contribution >= 0.6 is 0 Å². The van der Waals surface area contributed by atoms with E-state index in [-0.39, 0.29) is 11.8 Å². The summed E-state index contributed by atoms with van der Waals surface area (Å²) in [7, 11) is 0. The van der Waals surface area contributed by atoms with Crippen LogP contribution in [-0.2, 0) is 11.3 Å². The van der Waals surface area contributed by atoms with Crippen molar-refractivity contribution in [2.45, 2.75) is 33.2 Å². The normalized spacial score (nSPS) is 14.9. The summed E-state index contributed by atoms with van der Waals surface area (Å²) in [5, 5.41) is 2.72. The van der Waals surface area contributed by atoms with Crippen molar-refractivity contribution in [2.24, 2.45) is 0 Å². The molecule has 1 fully saturated rings. The molecule has 1 heterocycles. The number of benzene rings is 2. The van der Waals surface area contributed by atoms with Crippen LogP contribution in [0.1, 0.15) is 48.2 Å². The second-order valence-corrected chi connectivity index (χ2v) is 7.72. The molecule has 0 unspecified atom stereocenters. The van der Waals surface area contributed by atoms with E-state index in [4.69, 9.17) is 0 Å². The molecule has 5 nitrogen and oxygen atoms in total. The summed E-state index contributed by atoms with van der Waals surface area (Å²) in [6, 6.07) is 15.9. The average molecular weight is 380 g/mol. The maximum Gasteiger partial charge on any atom is 0.253 e. The van der Waals surface area contributed by atoms with E-state index in [0.29, 0.717) is 17.2 Å². The minimum atomic E-state index is -0.117. The number of nitrogens with one attached hydrogen (secondary N) is 1. The van der Waals surface area contributed by atoms with Gasteiger partial charge in [-0.3, -0.25) is 14.5 Å². The van der Waals surface area contributed by atoms with E-state index in [0.717, 1.165) is 32.7 Å². The zero-order valence-corrected chi connectivity index (χ0v) is 16.9. The van der Waals surface area contributed by atoms with Crippen LogP contribution in [-0.4, -0.2) is 47.8 Å². The van der Waals surface area contributed by atoms with Crippen molar-refractivity contribution in [1.82, 2.24) is 9.80 Å². The van der Waals surface area contributed by atoms with E-state index in [1.807, 2.05) is 4.90 Å². The van der Waals surface area contributed by atoms with Gasteiger partial charge in [-0.1, -0.05) is 38.1 Å². The maximum absolute atomic E-state index is 12.7. The molecule has 0 bridgehead atoms. The summed E-state index contributed by atoms with van der Waals surface area (Å²) in [6.07, 6.45) is 0. The van der Waals surface area contributed by atoms with Crippen LogP contribution in [0, 0.1) is 0 Å². The van der Waals surface area contributed by atoms with Gasteiger partial charge in [0.25, 0.3) is 5.91 Å². The molecule has 148 valence electrons. The number of carbonyl (C=O) groups is 2. The van der Waals surface area contributed by atoms with Crippen LogP contribution in [0.15, 0.2) is 48.5 Å². The number of rotatable bonds is 5. The maximum atomic E-state index is 12.7. The summed E-state index contributed by atoms with van der Waals surface area (Å²) < 4.78 is 0. The fourth-order valence-electron chi connectivity index (χ4n) is 3.46. The summed E-state index contributed by atoms with van der Waals surface area (Å²) in [4.78, 5) is 28.1. The van der Waals surface area contributed by atoms with Crippen molar-refractivity contribution in [3.8, 4) is 0 Å². The molecule has 0 atom stereocenters. The Hall–Kier alpha value is -2.66. The van der Waals surface area contributed by atoms with Crippen LogP contribution in [0.2, 0.25) is 0 Å². The minimum Gasteiger partial charge on any atom is -0.336 e. The first-order valence-corrected chi connectivity index (χ1v) is 9.90. The van der Waals surface area contributed by atoms with E-state index in [1.165, 1.54) is 18.1 Å². The standard InChI is InChI=1S/C23H29N3O2/c1-17(2)20-6-4-19(5-7-20)16-25-12-14-26(15-13-25)23(28)21-8-10-22(11-9-21)24-18(3)27/h4-11,17H,12-16H2,1-3H3,(H,24,27). The molecule has 1 saturated heterocycles. The van der Waals surface area contributed by atoms with Gasteiger partial charge in [-0.25, -0.2) is 0 Å². The number of carbonyl (C=O) groups excluding carboxylic acids is 2. The molecule has 3 rings (SSSR count). The van der Waals surface area contributed by atoms with Crippen LogP contribution < -0.4 is 5.32 Å². The highest BCUT2D eigenvalue weighted by atomic mass is 16.2. The van der Waals surface area contributed by atoms with Gasteiger partial charge >= 0.3 is 0 Å². The average Bonchev–Trinajstić information content (AvgIpc) is 2.68. The molecule has 28 heavy (non-hydrogen) atoms. The Bertz CT molecular complexity index is 805. The van der Waals surface area contributed by atoms with Crippen LogP contribution in [0.25, 0.3) is 0 Å². The molecular formula is C23H29N3O2. The highest BCUT2D eigenvalue weighted by molar-refractivity contribution is 5.95. The van der Waals surface area contributed by atoms with E-state index in [1.54, 1.807) is 24.3 Å². The third kappa shape index (κ3) is 5.20. The first-order valence-electron chi connectivity index (χ1n) is 9.90. The first kappa shape index (κ1) is 20.1. The highest BCUT2D eigenvalue weighted by Gasteiger charge is 2.22. The lowest BCUT2D eigenvalue weighted by molar-refractivity contribution is -0.114. The first-order chi connectivity index (χ1) is 13.4. The van der Waals surface area contributed by atoms with Gasteiger partial charge in [0.15, 0.2) is 0 Å². The van der Waals surface area contributed by atoms with Gasteiger partial charge in [-0.05, 0) is 41.3 Å². The second-order valence-electron chi connectivity index (χ2n) is 7.72. The minimum absolute atomic E-state index is 0.0512. The molecule has 0 aliphatic carbocycles. The van der Waals surface area contributed by atoms with Crippen LogP contribution in [0.4, 0.5) is 5.69 Å². The van der Waals surface area contributed by atoms with E-state index >= 15 is 0 Å². The SMILES string of the molecule is CC(=O)Nc1ccc(C(=O)N2CCN(Cc3ccc(C(C)C)cc3)CC2)cc1. The molecule has 0 saturated carbocycles. The molecule has 5 heteroatoms. The monoisotopic (exact) mass is 379 g/mol. The van der Waals surface area contributed by atoms with Crippen molar-refractivity contribution in [3.63, 3.8) is 0 Å². The number of nitrogens with zero attached hydrogens (tertiary/aromatic N) is 2. The Labute approximate surface area is 167 Å². The highest BCUT2D eigenvalue weighted by Crippen LogP contribution is 2.17. The Morgan fingerprint density at radius 1 is 0.929 bits per heavy atom. The van der Waals surface area contributed by atoms with Gasteiger partial charge in [-0.15, -0.1) is 0 Å². The quantitative estimate of drug-likeness (QED) is 0.861. The van der Waals surface area contributed by atoms with Crippen molar-refractivity contribution in [3.05, 3.63) is 65.2 Å². The van der Waals surface area contributed by atoms with E-state index in [2.05, 4.69) is 48.3 Å². The molecule has 0 spiro atoms. The Morgan fingerprint density at radius 2 is 1.54 bits per heavy atom. The predicted molar refractivity (Wildman–Crippen MR) is 112 cm³/mol. The van der Waals surface area contributed by atoms with Crippen molar-refractivity contribution in [2.75, 3.05) is 31.5 Å². The summed E-state index contributed by atoms with van der Waals surface area (Å²) >= 11 is 0. The van der Waals surface area contributed by atoms with E-state index in [9.17, 15) is 9.59 Å². The predicted octanol–water partition coefficient (Wildman–Crippen LogP) is 3.73. The Kier molecular flexibility index (Phi) is 6.47. The van der Waals surface area contributed by atoms with Crippen LogP contribution in [0.3, 0.4) is 0 Å². The number of anilines is 1. The lowest BCUT2D eigenvalue weighted by Crippen LogP contribution is -2.48. The fourth-order valence-corrected chi connectivity index (χ4v) is 3.46. The molecule has 0 radical (unpaired) electrons. The van der Waals surface area contributed by atoms with Gasteiger partial charge in [0.05, 0.1) is 0 Å². The zero-order valence-electron chi connectivity index (χ0n) is 16.9. The number of hydrogen-bond acceptors (Lipinski definition) is 3. The molecule has 1 aliphatic heterocycles. The number of piperazine rings is 1. The van der Waals surface area contributed by atoms with Gasteiger partial charge in [-0.2, -0.15) is 0 Å². The topological polar surface area (TPSA) is 52.7 Å². The second kappa shape index (κ2) is 9.02. The third-order valence-electron chi connectivity index (χ3n) is 5.16. The summed E-state index contributed by atoms with van der Waals surface area (Å²) in [6.45, 7) is 10.0. The van der Waals surface area contributed by atoms with Gasteiger partial charge in [0, 0.05) is 50.9 Å². The molecule has 2 aromatic carbocycles. The van der Waals surface area contributed by atoms with E-state index < -0.39 is 0 Å². The van der Waals surface area contributed by atoms with Crippen molar-refractivity contribution >= 4 is 17.5 Å². The molecule has 0 aromatic heterocycles. The third-order valence-corrected chi connectivity index (χ3v) is 5.16. The van der Waals surface area contributed by atoms with Crippen molar-refractivity contribution < 1.29 is 9.59 Å².